The molecular weight excluding hydrogens is 507 g/mol. The molecule has 0 spiro atoms. The predicted octanol–water partition coefficient (Wildman–Crippen LogP) is 4.69. The Kier molecular flexibility index (Phi) is 7.77. The second-order valence-electron chi connectivity index (χ2n) is 11.0. The summed E-state index contributed by atoms with van der Waals surface area (Å²) in [5.74, 6) is 7.72. The normalized spacial score (nSPS) is 23.5. The van der Waals surface area contributed by atoms with Crippen molar-refractivity contribution in [1.82, 2.24) is 24.4 Å². The fraction of sp³-hybridized carbons (Fsp3) is 0.593. The molecule has 2 aromatic heterocycles. The van der Waals surface area contributed by atoms with E-state index in [0.717, 1.165) is 60.9 Å². The van der Waals surface area contributed by atoms with Crippen molar-refractivity contribution in [3.05, 3.63) is 40.4 Å². The van der Waals surface area contributed by atoms with Crippen LogP contribution in [0.1, 0.15) is 58.0 Å². The third kappa shape index (κ3) is 5.06. The van der Waals surface area contributed by atoms with Crippen molar-refractivity contribution in [2.45, 2.75) is 78.2 Å². The number of hydrogen-bond donors (Lipinski definition) is 2. The lowest BCUT2D eigenvalue weighted by Crippen LogP contribution is -2.58. The molecule has 3 N–H and O–H groups in total. The second kappa shape index (κ2) is 10.9. The molecule has 4 atom stereocenters. The van der Waals surface area contributed by atoms with Gasteiger partial charge in [0.15, 0.2) is 17.0 Å². The molecule has 206 valence electrons. The lowest BCUT2D eigenvalue weighted by atomic mass is 9.91. The zero-order valence-corrected chi connectivity index (χ0v) is 23.5. The molecule has 5 rings (SSSR count). The molecule has 0 saturated carbocycles. The zero-order valence-electron chi connectivity index (χ0n) is 22.8. The van der Waals surface area contributed by atoms with Crippen LogP contribution in [-0.4, -0.2) is 62.3 Å². The minimum Gasteiger partial charge on any atom is -0.376 e. The molecular formula is C27H38ClFN8O. The fourth-order valence-corrected chi connectivity index (χ4v) is 6.18. The number of halogens is 2. The lowest BCUT2D eigenvalue weighted by molar-refractivity contribution is 0.0820. The largest absolute Gasteiger partial charge is 0.376 e. The van der Waals surface area contributed by atoms with Crippen LogP contribution in [0.2, 0.25) is 5.02 Å². The second-order valence-corrected chi connectivity index (χ2v) is 11.4. The van der Waals surface area contributed by atoms with E-state index in [-0.39, 0.29) is 41.0 Å². The summed E-state index contributed by atoms with van der Waals surface area (Å²) in [6.07, 6.45) is 2.27. The van der Waals surface area contributed by atoms with Crippen LogP contribution in [0.15, 0.2) is 18.2 Å². The molecule has 2 aliphatic rings. The Labute approximate surface area is 228 Å². The minimum atomic E-state index is -0.381. The smallest absolute Gasteiger partial charge is 0.241 e. The summed E-state index contributed by atoms with van der Waals surface area (Å²) in [5, 5.41) is 0.147. The molecule has 1 aromatic carbocycles. The van der Waals surface area contributed by atoms with Crippen LogP contribution in [0, 0.1) is 18.7 Å². The Morgan fingerprint density at radius 1 is 1.18 bits per heavy atom. The van der Waals surface area contributed by atoms with E-state index < -0.39 is 0 Å². The van der Waals surface area contributed by atoms with Gasteiger partial charge in [-0.25, -0.2) is 15.2 Å². The van der Waals surface area contributed by atoms with Gasteiger partial charge in [0, 0.05) is 37.8 Å². The van der Waals surface area contributed by atoms with Crippen molar-refractivity contribution in [3.63, 3.8) is 0 Å². The van der Waals surface area contributed by atoms with Gasteiger partial charge in [-0.1, -0.05) is 31.5 Å². The summed E-state index contributed by atoms with van der Waals surface area (Å²) >= 11 is 5.99. The number of aromatic nitrogens is 4. The third-order valence-electron chi connectivity index (χ3n) is 7.89. The highest BCUT2D eigenvalue weighted by molar-refractivity contribution is 6.30. The average Bonchev–Trinajstić information content (AvgIpc) is 3.50. The highest BCUT2D eigenvalue weighted by Crippen LogP contribution is 2.37. The van der Waals surface area contributed by atoms with Crippen LogP contribution < -0.4 is 16.2 Å². The number of fused-ring (bicyclic) bond motifs is 1. The Balaban J connectivity index is 1.47. The Morgan fingerprint density at radius 3 is 2.63 bits per heavy atom. The first-order valence-electron chi connectivity index (χ1n) is 13.5. The maximum absolute atomic E-state index is 14.4. The van der Waals surface area contributed by atoms with E-state index in [1.165, 1.54) is 0 Å². The van der Waals surface area contributed by atoms with E-state index in [1.807, 2.05) is 13.0 Å². The summed E-state index contributed by atoms with van der Waals surface area (Å²) in [7, 11) is 0. The number of rotatable bonds is 7. The maximum Gasteiger partial charge on any atom is 0.241 e. The predicted molar refractivity (Wildman–Crippen MR) is 149 cm³/mol. The van der Waals surface area contributed by atoms with Crippen LogP contribution in [-0.2, 0) is 11.3 Å². The average molecular weight is 545 g/mol. The Bertz CT molecular complexity index is 1290. The number of anilines is 2. The number of aryl methyl sites for hydroxylation is 1. The standard InChI is InChI=1S/C27H38ClFN8O/c1-15(2)24(19-8-9-21(28)22(29)11-19)35-12-17(4)36(13-16(35)3)25-23-26(33-27(32-25)34-30)37(18(5)31-23)14-20-7-6-10-38-20/h8-9,11,15-17,20,24H,6-7,10,12-14,30H2,1-5H3,(H,32,33,34)/t16-,17+,20+,24?/m1/s1. The first-order valence-corrected chi connectivity index (χ1v) is 13.9. The van der Waals surface area contributed by atoms with Gasteiger partial charge in [0.2, 0.25) is 5.95 Å². The molecule has 4 heterocycles. The molecule has 38 heavy (non-hydrogen) atoms. The minimum absolute atomic E-state index is 0.0564. The maximum atomic E-state index is 14.4. The number of piperazine rings is 1. The molecule has 2 fully saturated rings. The molecule has 0 radical (unpaired) electrons. The summed E-state index contributed by atoms with van der Waals surface area (Å²) < 4.78 is 22.4. The van der Waals surface area contributed by atoms with Crippen LogP contribution in [0.4, 0.5) is 16.2 Å². The molecule has 2 saturated heterocycles. The molecule has 0 aliphatic carbocycles. The number of imidazole rings is 1. The monoisotopic (exact) mass is 544 g/mol. The molecule has 9 nitrogen and oxygen atoms in total. The third-order valence-corrected chi connectivity index (χ3v) is 8.19. The topological polar surface area (TPSA) is 97.4 Å². The number of nitrogens with one attached hydrogen (secondary N) is 1. The molecule has 11 heteroatoms. The SMILES string of the molecule is Cc1nc2c(N3C[C@@H](C)N(C(c4ccc(Cl)c(F)c4)C(C)C)C[C@@H]3C)nc(NN)nc2n1C[C@@H]1CCCO1. The van der Waals surface area contributed by atoms with Crippen molar-refractivity contribution in [3.8, 4) is 0 Å². The fourth-order valence-electron chi connectivity index (χ4n) is 6.06. The van der Waals surface area contributed by atoms with Crippen molar-refractivity contribution >= 4 is 34.5 Å². The first kappa shape index (κ1) is 27.1. The van der Waals surface area contributed by atoms with Crippen molar-refractivity contribution in [2.75, 3.05) is 30.0 Å². The van der Waals surface area contributed by atoms with E-state index >= 15 is 0 Å². The van der Waals surface area contributed by atoms with Crippen LogP contribution in [0.3, 0.4) is 0 Å². The number of ether oxygens (including phenoxy) is 1. The van der Waals surface area contributed by atoms with Gasteiger partial charge in [0.25, 0.3) is 0 Å². The van der Waals surface area contributed by atoms with Gasteiger partial charge < -0.3 is 14.2 Å². The van der Waals surface area contributed by atoms with E-state index in [2.05, 4.69) is 47.5 Å². The van der Waals surface area contributed by atoms with Gasteiger partial charge in [0.1, 0.15) is 11.6 Å². The van der Waals surface area contributed by atoms with E-state index in [9.17, 15) is 4.39 Å². The van der Waals surface area contributed by atoms with Gasteiger partial charge in [-0.15, -0.1) is 0 Å². The molecule has 0 amide bonds. The van der Waals surface area contributed by atoms with Crippen LogP contribution in [0.5, 0.6) is 0 Å². The van der Waals surface area contributed by atoms with Crippen molar-refractivity contribution in [1.29, 1.82) is 0 Å². The quantitative estimate of drug-likeness (QED) is 0.327. The van der Waals surface area contributed by atoms with E-state index in [4.69, 9.17) is 37.1 Å². The summed E-state index contributed by atoms with van der Waals surface area (Å²) in [6, 6.07) is 5.52. The van der Waals surface area contributed by atoms with E-state index in [1.54, 1.807) is 12.1 Å². The zero-order chi connectivity index (χ0) is 27.1. The van der Waals surface area contributed by atoms with Gasteiger partial charge in [-0.3, -0.25) is 10.3 Å². The lowest BCUT2D eigenvalue weighted by Gasteiger charge is -2.49. The van der Waals surface area contributed by atoms with Crippen LogP contribution >= 0.6 is 11.6 Å². The van der Waals surface area contributed by atoms with Crippen molar-refractivity contribution in [2.24, 2.45) is 11.8 Å². The van der Waals surface area contributed by atoms with Gasteiger partial charge in [0.05, 0.1) is 17.7 Å². The van der Waals surface area contributed by atoms with Gasteiger partial charge in [-0.05, 0) is 57.2 Å². The number of hydrogen-bond acceptors (Lipinski definition) is 8. The number of nitrogen functional groups attached to an aromatic ring is 1. The van der Waals surface area contributed by atoms with Gasteiger partial charge in [-0.2, -0.15) is 9.97 Å². The van der Waals surface area contributed by atoms with Gasteiger partial charge >= 0.3 is 0 Å². The molecule has 1 unspecified atom stereocenters. The van der Waals surface area contributed by atoms with Crippen LogP contribution in [0.25, 0.3) is 11.2 Å². The number of nitrogens with zero attached hydrogens (tertiary/aromatic N) is 6. The highest BCUT2D eigenvalue weighted by atomic mass is 35.5. The molecule has 0 bridgehead atoms. The summed E-state index contributed by atoms with van der Waals surface area (Å²) in [5.41, 5.74) is 5.12. The van der Waals surface area contributed by atoms with E-state index in [0.29, 0.717) is 12.5 Å². The first-order chi connectivity index (χ1) is 18.2. The number of nitrogens with two attached hydrogens (primary N) is 1. The summed E-state index contributed by atoms with van der Waals surface area (Å²) in [4.78, 5) is 19.2. The Morgan fingerprint density at radius 2 is 1.97 bits per heavy atom. The molecule has 3 aromatic rings. The summed E-state index contributed by atoms with van der Waals surface area (Å²) in [6.45, 7) is 13.8. The number of benzene rings is 1. The van der Waals surface area contributed by atoms with Crippen molar-refractivity contribution < 1.29 is 9.13 Å². The Hall–Kier alpha value is -2.53. The molecule has 2 aliphatic heterocycles. The highest BCUT2D eigenvalue weighted by Gasteiger charge is 2.37. The number of hydrazine groups is 1.